The number of rotatable bonds is 5. The number of hydrogen-bond donors (Lipinski definition) is 2. The Morgan fingerprint density at radius 2 is 2.33 bits per heavy atom. The van der Waals surface area contributed by atoms with Gasteiger partial charge in [0.25, 0.3) is 0 Å². The number of methoxy groups -OCH3 is 1. The molecular weight excluding hydrogens is 326 g/mol. The van der Waals surface area contributed by atoms with Gasteiger partial charge in [-0.3, -0.25) is 10.3 Å². The van der Waals surface area contributed by atoms with Crippen LogP contribution in [-0.2, 0) is 13.0 Å². The largest absolute Gasteiger partial charge is 0.495 e. The predicted molar refractivity (Wildman–Crippen MR) is 95.0 cm³/mol. The van der Waals surface area contributed by atoms with Crippen LogP contribution in [0.2, 0.25) is 0 Å². The molecule has 0 aliphatic carbocycles. The number of anilines is 2. The van der Waals surface area contributed by atoms with Crippen LogP contribution < -0.4 is 20.3 Å². The standard InChI is InChI=1S/C16H21N5O2S/c1-3-5-18-15(22)20-16-19-13-4-6-21(10-14(13)24-16)11-7-12(23-2)9-17-8-11/h7-9H,3-6,10H2,1-2H3,(H2,18,19,20,22). The Hall–Kier alpha value is -2.35. The lowest BCUT2D eigenvalue weighted by Gasteiger charge is -2.27. The Balaban J connectivity index is 1.68. The molecule has 1 aliphatic heterocycles. The Labute approximate surface area is 145 Å². The van der Waals surface area contributed by atoms with E-state index in [0.717, 1.165) is 43.1 Å². The summed E-state index contributed by atoms with van der Waals surface area (Å²) >= 11 is 1.53. The van der Waals surface area contributed by atoms with Crippen molar-refractivity contribution in [3.8, 4) is 5.75 Å². The van der Waals surface area contributed by atoms with Crippen molar-refractivity contribution in [2.24, 2.45) is 0 Å². The van der Waals surface area contributed by atoms with Gasteiger partial charge in [-0.2, -0.15) is 0 Å². The topological polar surface area (TPSA) is 79.4 Å². The van der Waals surface area contributed by atoms with Crippen LogP contribution in [0.25, 0.3) is 0 Å². The number of thiazole rings is 1. The third-order valence-corrected chi connectivity index (χ3v) is 4.78. The fourth-order valence-corrected chi connectivity index (χ4v) is 3.56. The molecule has 1 aliphatic rings. The average molecular weight is 347 g/mol. The number of urea groups is 1. The summed E-state index contributed by atoms with van der Waals surface area (Å²) in [6.45, 7) is 4.31. The van der Waals surface area contributed by atoms with Gasteiger partial charge in [0.05, 0.1) is 37.4 Å². The second kappa shape index (κ2) is 7.48. The van der Waals surface area contributed by atoms with Gasteiger partial charge >= 0.3 is 6.03 Å². The summed E-state index contributed by atoms with van der Waals surface area (Å²) in [4.78, 5) is 23.9. The van der Waals surface area contributed by atoms with Crippen molar-refractivity contribution in [1.29, 1.82) is 0 Å². The normalized spacial score (nSPS) is 13.3. The summed E-state index contributed by atoms with van der Waals surface area (Å²) in [5.41, 5.74) is 2.10. The molecule has 128 valence electrons. The number of aromatic nitrogens is 2. The van der Waals surface area contributed by atoms with Crippen molar-refractivity contribution in [2.45, 2.75) is 26.3 Å². The molecular formula is C16H21N5O2S. The summed E-state index contributed by atoms with van der Waals surface area (Å²) in [7, 11) is 1.64. The zero-order valence-electron chi connectivity index (χ0n) is 13.8. The molecule has 0 spiro atoms. The minimum absolute atomic E-state index is 0.197. The SMILES string of the molecule is CCCNC(=O)Nc1nc2c(s1)CN(c1cncc(OC)c1)CC2. The molecule has 0 fully saturated rings. The molecule has 2 aromatic heterocycles. The summed E-state index contributed by atoms with van der Waals surface area (Å²) in [6.07, 6.45) is 5.29. The van der Waals surface area contributed by atoms with E-state index in [1.54, 1.807) is 13.3 Å². The van der Waals surface area contributed by atoms with Gasteiger partial charge < -0.3 is 15.0 Å². The minimum atomic E-state index is -0.197. The molecule has 7 nitrogen and oxygen atoms in total. The number of nitrogens with one attached hydrogen (secondary N) is 2. The van der Waals surface area contributed by atoms with Crippen molar-refractivity contribution in [3.63, 3.8) is 0 Å². The van der Waals surface area contributed by atoms with Crippen molar-refractivity contribution in [2.75, 3.05) is 30.4 Å². The Morgan fingerprint density at radius 3 is 3.12 bits per heavy atom. The van der Waals surface area contributed by atoms with Crippen molar-refractivity contribution < 1.29 is 9.53 Å². The van der Waals surface area contributed by atoms with Crippen molar-refractivity contribution >= 4 is 28.2 Å². The second-order valence-electron chi connectivity index (χ2n) is 5.52. The highest BCUT2D eigenvalue weighted by atomic mass is 32.1. The van der Waals surface area contributed by atoms with Gasteiger partial charge in [-0.15, -0.1) is 0 Å². The summed E-state index contributed by atoms with van der Waals surface area (Å²) in [6, 6.07) is 1.79. The molecule has 0 aromatic carbocycles. The lowest BCUT2D eigenvalue weighted by molar-refractivity contribution is 0.252. The number of hydrogen-bond acceptors (Lipinski definition) is 6. The molecule has 0 saturated carbocycles. The first kappa shape index (κ1) is 16.5. The van der Waals surface area contributed by atoms with Crippen LogP contribution in [-0.4, -0.2) is 36.2 Å². The van der Waals surface area contributed by atoms with Crippen LogP contribution in [0.5, 0.6) is 5.75 Å². The molecule has 2 N–H and O–H groups in total. The molecule has 24 heavy (non-hydrogen) atoms. The maximum Gasteiger partial charge on any atom is 0.321 e. The smallest absolute Gasteiger partial charge is 0.321 e. The molecule has 3 heterocycles. The first-order valence-electron chi connectivity index (χ1n) is 7.97. The van der Waals surface area contributed by atoms with Gasteiger partial charge in [-0.1, -0.05) is 18.3 Å². The fraction of sp³-hybridized carbons (Fsp3) is 0.438. The summed E-state index contributed by atoms with van der Waals surface area (Å²) in [5, 5.41) is 6.26. The van der Waals surface area contributed by atoms with Crippen LogP contribution >= 0.6 is 11.3 Å². The molecule has 2 amide bonds. The maximum atomic E-state index is 11.8. The van der Waals surface area contributed by atoms with E-state index in [0.29, 0.717) is 11.7 Å². The highest BCUT2D eigenvalue weighted by Gasteiger charge is 2.22. The number of nitrogens with zero attached hydrogens (tertiary/aromatic N) is 3. The zero-order valence-corrected chi connectivity index (χ0v) is 14.7. The Bertz CT molecular complexity index is 718. The molecule has 2 aromatic rings. The number of fused-ring (bicyclic) bond motifs is 1. The highest BCUT2D eigenvalue weighted by molar-refractivity contribution is 7.15. The molecule has 0 bridgehead atoms. The Morgan fingerprint density at radius 1 is 1.46 bits per heavy atom. The first-order chi connectivity index (χ1) is 11.7. The van der Waals surface area contributed by atoms with Crippen LogP contribution in [0.4, 0.5) is 15.6 Å². The minimum Gasteiger partial charge on any atom is -0.495 e. The highest BCUT2D eigenvalue weighted by Crippen LogP contribution is 2.31. The number of ether oxygens (including phenoxy) is 1. The average Bonchev–Trinajstić information content (AvgIpc) is 3.01. The van der Waals surface area contributed by atoms with Gasteiger partial charge in [0.1, 0.15) is 5.75 Å². The third kappa shape index (κ3) is 3.76. The maximum absolute atomic E-state index is 11.8. The quantitative estimate of drug-likeness (QED) is 0.869. The van der Waals surface area contributed by atoms with E-state index in [1.165, 1.54) is 16.2 Å². The Kier molecular flexibility index (Phi) is 5.14. The number of amides is 2. The van der Waals surface area contributed by atoms with E-state index < -0.39 is 0 Å². The van der Waals surface area contributed by atoms with E-state index in [-0.39, 0.29) is 6.03 Å². The summed E-state index contributed by atoms with van der Waals surface area (Å²) in [5.74, 6) is 0.748. The third-order valence-electron chi connectivity index (χ3n) is 3.79. The van der Waals surface area contributed by atoms with Gasteiger partial charge in [-0.05, 0) is 6.42 Å². The van der Waals surface area contributed by atoms with Crippen LogP contribution in [0.15, 0.2) is 18.5 Å². The number of carbonyl (C=O) groups is 1. The van der Waals surface area contributed by atoms with Crippen molar-refractivity contribution in [1.82, 2.24) is 15.3 Å². The number of pyridine rings is 1. The van der Waals surface area contributed by atoms with Crippen LogP contribution in [0.1, 0.15) is 23.9 Å². The zero-order chi connectivity index (χ0) is 16.9. The molecule has 8 heteroatoms. The first-order valence-corrected chi connectivity index (χ1v) is 8.78. The predicted octanol–water partition coefficient (Wildman–Crippen LogP) is 2.64. The lowest BCUT2D eigenvalue weighted by Crippen LogP contribution is -2.29. The molecule has 0 atom stereocenters. The number of carbonyl (C=O) groups excluding carboxylic acids is 1. The van der Waals surface area contributed by atoms with Gasteiger partial charge in [0.2, 0.25) is 0 Å². The molecule has 3 rings (SSSR count). The summed E-state index contributed by atoms with van der Waals surface area (Å²) < 4.78 is 5.24. The van der Waals surface area contributed by atoms with E-state index in [1.807, 2.05) is 19.2 Å². The van der Waals surface area contributed by atoms with E-state index >= 15 is 0 Å². The van der Waals surface area contributed by atoms with E-state index in [9.17, 15) is 4.79 Å². The second-order valence-corrected chi connectivity index (χ2v) is 6.61. The molecule has 0 radical (unpaired) electrons. The van der Waals surface area contributed by atoms with Gasteiger partial charge in [0, 0.05) is 30.5 Å². The molecule has 0 unspecified atom stereocenters. The molecule has 0 saturated heterocycles. The van der Waals surface area contributed by atoms with Crippen molar-refractivity contribution in [3.05, 3.63) is 29.0 Å². The van der Waals surface area contributed by atoms with Crippen LogP contribution in [0, 0.1) is 0 Å². The van der Waals surface area contributed by atoms with Gasteiger partial charge in [-0.25, -0.2) is 9.78 Å². The van der Waals surface area contributed by atoms with E-state index in [2.05, 4.69) is 25.5 Å². The van der Waals surface area contributed by atoms with Crippen LogP contribution in [0.3, 0.4) is 0 Å². The fourth-order valence-electron chi connectivity index (χ4n) is 2.54. The van der Waals surface area contributed by atoms with Gasteiger partial charge in [0.15, 0.2) is 5.13 Å². The monoisotopic (exact) mass is 347 g/mol. The lowest BCUT2D eigenvalue weighted by atomic mass is 10.1. The van der Waals surface area contributed by atoms with E-state index in [4.69, 9.17) is 4.74 Å².